The normalized spacial score (nSPS) is 18.0. The molecule has 0 aliphatic carbocycles. The lowest BCUT2D eigenvalue weighted by Gasteiger charge is -2.15. The molecule has 1 aromatic carbocycles. The SMILES string of the molecule is CC(=O)OCCn1c(SC2Nc3ccccc3C2Br)nc2c(NN)ncnc21. The van der Waals surface area contributed by atoms with Gasteiger partial charge in [0, 0.05) is 12.6 Å². The van der Waals surface area contributed by atoms with Crippen LogP contribution in [0.1, 0.15) is 17.3 Å². The van der Waals surface area contributed by atoms with Crippen molar-refractivity contribution in [1.82, 2.24) is 19.5 Å². The predicted molar refractivity (Wildman–Crippen MR) is 111 cm³/mol. The van der Waals surface area contributed by atoms with Crippen molar-refractivity contribution in [3.63, 3.8) is 0 Å². The first kappa shape index (κ1) is 19.0. The minimum Gasteiger partial charge on any atom is -0.464 e. The Morgan fingerprint density at radius 1 is 1.43 bits per heavy atom. The van der Waals surface area contributed by atoms with Crippen molar-refractivity contribution >= 4 is 56.3 Å². The van der Waals surface area contributed by atoms with Gasteiger partial charge >= 0.3 is 5.97 Å². The molecule has 0 saturated heterocycles. The number of benzene rings is 1. The molecule has 2 aromatic heterocycles. The number of ether oxygens (including phenoxy) is 1. The highest BCUT2D eigenvalue weighted by atomic mass is 79.9. The Balaban J connectivity index is 1.66. The Bertz CT molecular complexity index is 1030. The number of nitrogen functional groups attached to an aromatic ring is 1. The van der Waals surface area contributed by atoms with Crippen molar-refractivity contribution < 1.29 is 9.53 Å². The van der Waals surface area contributed by atoms with Crippen molar-refractivity contribution in [1.29, 1.82) is 0 Å². The molecule has 0 bridgehead atoms. The van der Waals surface area contributed by atoms with Gasteiger partial charge in [-0.3, -0.25) is 9.36 Å². The Labute approximate surface area is 173 Å². The van der Waals surface area contributed by atoms with Crippen molar-refractivity contribution in [2.24, 2.45) is 5.84 Å². The molecule has 3 heterocycles. The minimum absolute atomic E-state index is 0.0314. The number of hydrogen-bond donors (Lipinski definition) is 3. The van der Waals surface area contributed by atoms with E-state index in [4.69, 9.17) is 15.6 Å². The molecule has 1 aliphatic heterocycles. The number of nitrogens with zero attached hydrogens (tertiary/aromatic N) is 4. The number of alkyl halides is 1. The van der Waals surface area contributed by atoms with Crippen LogP contribution in [0.15, 0.2) is 35.7 Å². The highest BCUT2D eigenvalue weighted by Gasteiger charge is 2.32. The van der Waals surface area contributed by atoms with Crippen molar-refractivity contribution in [3.8, 4) is 0 Å². The highest BCUT2D eigenvalue weighted by molar-refractivity contribution is 9.09. The number of rotatable bonds is 6. The number of hydrogen-bond acceptors (Lipinski definition) is 9. The number of imidazole rings is 1. The largest absolute Gasteiger partial charge is 0.464 e. The summed E-state index contributed by atoms with van der Waals surface area (Å²) in [6, 6.07) is 8.16. The molecule has 0 fully saturated rings. The molecule has 4 rings (SSSR count). The van der Waals surface area contributed by atoms with E-state index in [1.165, 1.54) is 18.8 Å². The maximum absolute atomic E-state index is 11.1. The number of thioether (sulfide) groups is 1. The summed E-state index contributed by atoms with van der Waals surface area (Å²) in [5.41, 5.74) is 6.04. The van der Waals surface area contributed by atoms with Crippen molar-refractivity contribution in [2.75, 3.05) is 17.3 Å². The summed E-state index contributed by atoms with van der Waals surface area (Å²) in [6.45, 7) is 2.03. The van der Waals surface area contributed by atoms with E-state index in [0.717, 1.165) is 10.8 Å². The summed E-state index contributed by atoms with van der Waals surface area (Å²) in [5.74, 6) is 5.69. The van der Waals surface area contributed by atoms with E-state index in [9.17, 15) is 4.79 Å². The number of fused-ring (bicyclic) bond motifs is 2. The van der Waals surface area contributed by atoms with Gasteiger partial charge in [-0.1, -0.05) is 45.9 Å². The summed E-state index contributed by atoms with van der Waals surface area (Å²) < 4.78 is 7.02. The summed E-state index contributed by atoms with van der Waals surface area (Å²) in [5, 5.41) is 4.27. The van der Waals surface area contributed by atoms with E-state index in [1.54, 1.807) is 11.8 Å². The van der Waals surface area contributed by atoms with Crippen LogP contribution in [0.5, 0.6) is 0 Å². The lowest BCUT2D eigenvalue weighted by atomic mass is 10.2. The first-order chi connectivity index (χ1) is 13.6. The number of aromatic nitrogens is 4. The lowest BCUT2D eigenvalue weighted by molar-refractivity contribution is -0.141. The monoisotopic (exact) mass is 463 g/mol. The third-order valence-electron chi connectivity index (χ3n) is 4.31. The topological polar surface area (TPSA) is 120 Å². The fourth-order valence-corrected chi connectivity index (χ4v) is 5.04. The standard InChI is InChI=1S/C17H18BrN7O2S/c1-9(26)27-7-6-25-15-13(14(24-19)20-8-21-15)23-17(25)28-16-12(18)10-4-2-3-5-11(10)22-16/h2-5,8,12,16,22H,6-7,19H2,1H3,(H,20,21,24). The van der Waals surface area contributed by atoms with Crippen molar-refractivity contribution in [2.45, 2.75) is 28.8 Å². The number of carbonyl (C=O) groups is 1. The van der Waals surface area contributed by atoms with Crippen LogP contribution in [0.25, 0.3) is 11.2 Å². The minimum atomic E-state index is -0.328. The maximum Gasteiger partial charge on any atom is 0.302 e. The van der Waals surface area contributed by atoms with Gasteiger partial charge in [-0.2, -0.15) is 0 Å². The van der Waals surface area contributed by atoms with Gasteiger partial charge in [0.2, 0.25) is 0 Å². The average Bonchev–Trinajstić information content (AvgIpc) is 3.20. The molecule has 146 valence electrons. The summed E-state index contributed by atoms with van der Waals surface area (Å²) in [6.07, 6.45) is 1.42. The van der Waals surface area contributed by atoms with E-state index in [-0.39, 0.29) is 22.8 Å². The van der Waals surface area contributed by atoms with Crippen LogP contribution in [-0.2, 0) is 16.1 Å². The number of nitrogens with one attached hydrogen (secondary N) is 2. The third kappa shape index (κ3) is 3.52. The van der Waals surface area contributed by atoms with E-state index < -0.39 is 0 Å². The van der Waals surface area contributed by atoms with Crippen LogP contribution < -0.4 is 16.6 Å². The molecule has 3 aromatic rings. The van der Waals surface area contributed by atoms with Crippen LogP contribution in [0.3, 0.4) is 0 Å². The van der Waals surface area contributed by atoms with Gasteiger partial charge in [0.1, 0.15) is 12.9 Å². The van der Waals surface area contributed by atoms with Gasteiger partial charge in [0.25, 0.3) is 0 Å². The fourth-order valence-electron chi connectivity index (χ4n) is 3.06. The molecule has 0 radical (unpaired) electrons. The number of carbonyl (C=O) groups excluding carboxylic acids is 1. The molecule has 2 atom stereocenters. The van der Waals surface area contributed by atoms with E-state index in [2.05, 4.69) is 48.8 Å². The van der Waals surface area contributed by atoms with E-state index >= 15 is 0 Å². The van der Waals surface area contributed by atoms with Crippen LogP contribution in [0.4, 0.5) is 11.5 Å². The van der Waals surface area contributed by atoms with Crippen LogP contribution >= 0.6 is 27.7 Å². The Morgan fingerprint density at radius 2 is 2.25 bits per heavy atom. The van der Waals surface area contributed by atoms with Gasteiger partial charge < -0.3 is 15.5 Å². The second-order valence-corrected chi connectivity index (χ2v) is 8.19. The molecule has 0 spiro atoms. The van der Waals surface area contributed by atoms with Gasteiger partial charge in [0.05, 0.1) is 16.7 Å². The Morgan fingerprint density at radius 3 is 3.00 bits per heavy atom. The summed E-state index contributed by atoms with van der Waals surface area (Å²) in [7, 11) is 0. The number of anilines is 2. The van der Waals surface area contributed by atoms with Crippen LogP contribution in [-0.4, -0.2) is 37.5 Å². The number of para-hydroxylation sites is 1. The summed E-state index contributed by atoms with van der Waals surface area (Å²) in [4.78, 5) is 24.4. The molecule has 1 aliphatic rings. The summed E-state index contributed by atoms with van der Waals surface area (Å²) >= 11 is 5.34. The number of nitrogens with two attached hydrogens (primary N) is 1. The van der Waals surface area contributed by atoms with Gasteiger partial charge in [0.15, 0.2) is 22.1 Å². The number of halogens is 1. The zero-order valence-corrected chi connectivity index (χ0v) is 17.3. The van der Waals surface area contributed by atoms with Crippen LogP contribution in [0.2, 0.25) is 0 Å². The first-order valence-corrected chi connectivity index (χ1v) is 10.4. The van der Waals surface area contributed by atoms with E-state index in [1.807, 2.05) is 16.7 Å². The zero-order valence-electron chi connectivity index (χ0n) is 14.9. The fraction of sp³-hybridized carbons (Fsp3) is 0.294. The Kier molecular flexibility index (Phi) is 5.38. The first-order valence-electron chi connectivity index (χ1n) is 8.56. The predicted octanol–water partition coefficient (Wildman–Crippen LogP) is 2.65. The lowest BCUT2D eigenvalue weighted by Crippen LogP contribution is -2.15. The van der Waals surface area contributed by atoms with Crippen LogP contribution in [0, 0.1) is 0 Å². The maximum atomic E-state index is 11.1. The molecule has 11 heteroatoms. The van der Waals surface area contributed by atoms with Gasteiger partial charge in [-0.05, 0) is 11.6 Å². The molecule has 9 nitrogen and oxygen atoms in total. The Hall–Kier alpha value is -2.37. The second kappa shape index (κ2) is 7.94. The smallest absolute Gasteiger partial charge is 0.302 e. The molecule has 4 N–H and O–H groups in total. The van der Waals surface area contributed by atoms with Gasteiger partial charge in [-0.15, -0.1) is 0 Å². The second-order valence-electron chi connectivity index (χ2n) is 6.10. The molecular formula is C17H18BrN7O2S. The molecule has 0 saturated carbocycles. The zero-order chi connectivity index (χ0) is 19.7. The van der Waals surface area contributed by atoms with Crippen molar-refractivity contribution in [3.05, 3.63) is 36.2 Å². The number of hydrazine groups is 1. The number of esters is 1. The molecular weight excluding hydrogens is 446 g/mol. The third-order valence-corrected chi connectivity index (χ3v) is 6.85. The molecule has 2 unspecified atom stereocenters. The molecule has 28 heavy (non-hydrogen) atoms. The average molecular weight is 464 g/mol. The highest BCUT2D eigenvalue weighted by Crippen LogP contribution is 2.46. The molecule has 0 amide bonds. The van der Waals surface area contributed by atoms with E-state index in [0.29, 0.717) is 23.5 Å². The van der Waals surface area contributed by atoms with Gasteiger partial charge in [-0.25, -0.2) is 20.8 Å². The quantitative estimate of drug-likeness (QED) is 0.219.